The Bertz CT molecular complexity index is 1140. The molecule has 194 valence electrons. The van der Waals surface area contributed by atoms with Crippen molar-refractivity contribution < 1.29 is 19.5 Å². The van der Waals surface area contributed by atoms with Gasteiger partial charge in [-0.3, -0.25) is 19.8 Å². The van der Waals surface area contributed by atoms with Gasteiger partial charge in [0.05, 0.1) is 18.3 Å². The van der Waals surface area contributed by atoms with Crippen LogP contribution in [0.3, 0.4) is 0 Å². The number of H-pyrrole nitrogens is 1. The number of carboxylic acid groups (broad SMARTS) is 1. The molecule has 0 bridgehead atoms. The Balaban J connectivity index is 1.37. The number of amidine groups is 1. The number of aromatic nitrogens is 1. The summed E-state index contributed by atoms with van der Waals surface area (Å²) in [6, 6.07) is 6.82. The van der Waals surface area contributed by atoms with Gasteiger partial charge in [0, 0.05) is 36.8 Å². The van der Waals surface area contributed by atoms with Crippen molar-refractivity contribution in [2.24, 2.45) is 11.5 Å². The van der Waals surface area contributed by atoms with E-state index in [1.165, 1.54) is 4.90 Å². The van der Waals surface area contributed by atoms with Crippen molar-refractivity contribution in [2.75, 3.05) is 13.1 Å². The summed E-state index contributed by atoms with van der Waals surface area (Å²) in [4.78, 5) is 44.1. The van der Waals surface area contributed by atoms with Crippen LogP contribution in [0.1, 0.15) is 56.2 Å². The molecule has 0 unspecified atom stereocenters. The number of likely N-dealkylation sites (tertiary alicyclic amines) is 2. The number of nitrogens with two attached hydrogens (primary N) is 2. The molecule has 4 rings (SSSR count). The zero-order chi connectivity index (χ0) is 25.8. The van der Waals surface area contributed by atoms with Gasteiger partial charge in [0.2, 0.25) is 11.8 Å². The summed E-state index contributed by atoms with van der Waals surface area (Å²) in [5.41, 5.74) is 14.6. The van der Waals surface area contributed by atoms with Crippen LogP contribution in [0.2, 0.25) is 0 Å². The summed E-state index contributed by atoms with van der Waals surface area (Å²) >= 11 is 0. The molecule has 3 heterocycles. The lowest BCUT2D eigenvalue weighted by molar-refractivity contribution is -0.146. The quantitative estimate of drug-likeness (QED) is 0.248. The number of carbonyl (C=O) groups is 3. The van der Waals surface area contributed by atoms with E-state index in [2.05, 4.69) is 29.2 Å². The number of amides is 2. The number of hydrogen-bond acceptors (Lipinski definition) is 5. The van der Waals surface area contributed by atoms with Crippen LogP contribution in [-0.2, 0) is 27.2 Å². The molecule has 0 spiro atoms. The van der Waals surface area contributed by atoms with Gasteiger partial charge in [-0.1, -0.05) is 12.1 Å². The van der Waals surface area contributed by atoms with Gasteiger partial charge < -0.3 is 31.4 Å². The van der Waals surface area contributed by atoms with Gasteiger partial charge in [0.15, 0.2) is 0 Å². The number of benzene rings is 1. The van der Waals surface area contributed by atoms with Gasteiger partial charge in [-0.05, 0) is 68.0 Å². The number of fused-ring (bicyclic) bond motifs is 1. The molecule has 0 saturated carbocycles. The molecule has 0 radical (unpaired) electrons. The van der Waals surface area contributed by atoms with Gasteiger partial charge in [-0.25, -0.2) is 0 Å². The number of nitrogens with one attached hydrogen (secondary N) is 2. The van der Waals surface area contributed by atoms with Crippen LogP contribution in [0.4, 0.5) is 0 Å². The molecule has 2 fully saturated rings. The van der Waals surface area contributed by atoms with Crippen molar-refractivity contribution in [3.63, 3.8) is 0 Å². The Morgan fingerprint density at radius 2 is 1.86 bits per heavy atom. The first-order valence-corrected chi connectivity index (χ1v) is 12.7. The first kappa shape index (κ1) is 25.7. The standard InChI is InChI=1S/C26H36N6O4/c27-20(15-24(33)34)25(35)32-12-2-4-22(32)26(36)31-11-1-3-19(31)9-8-18-14-17-7-5-16(6-10-23(28)29)13-21(17)30-18/h5,7,13-14,19-20,22,30H,1-4,6,8-12,15,27H2,(H3,28,29)(H,33,34)/t19-,20-,22+/m0/s1. The van der Waals surface area contributed by atoms with Crippen LogP contribution < -0.4 is 11.5 Å². The summed E-state index contributed by atoms with van der Waals surface area (Å²) < 4.78 is 0. The van der Waals surface area contributed by atoms with Crippen molar-refractivity contribution in [1.82, 2.24) is 14.8 Å². The zero-order valence-electron chi connectivity index (χ0n) is 20.5. The highest BCUT2D eigenvalue weighted by atomic mass is 16.4. The fourth-order valence-electron chi connectivity index (χ4n) is 5.52. The summed E-state index contributed by atoms with van der Waals surface area (Å²) in [5.74, 6) is -1.43. The largest absolute Gasteiger partial charge is 0.481 e. The molecule has 1 aromatic heterocycles. The number of hydrogen-bond donors (Lipinski definition) is 5. The molecule has 36 heavy (non-hydrogen) atoms. The molecule has 2 aromatic rings. The maximum absolute atomic E-state index is 13.5. The number of carboxylic acids is 1. The van der Waals surface area contributed by atoms with E-state index in [0.29, 0.717) is 32.4 Å². The number of aliphatic carboxylic acids is 1. The van der Waals surface area contributed by atoms with Crippen molar-refractivity contribution >= 4 is 34.5 Å². The minimum absolute atomic E-state index is 0.0439. The second-order valence-corrected chi connectivity index (χ2v) is 10.0. The Kier molecular flexibility index (Phi) is 7.93. The predicted octanol–water partition coefficient (Wildman–Crippen LogP) is 1.75. The molecule has 2 aliphatic heterocycles. The molecule has 2 saturated heterocycles. The van der Waals surface area contributed by atoms with Gasteiger partial charge in [-0.2, -0.15) is 0 Å². The van der Waals surface area contributed by atoms with E-state index < -0.39 is 30.4 Å². The van der Waals surface area contributed by atoms with Crippen molar-refractivity contribution in [3.8, 4) is 0 Å². The van der Waals surface area contributed by atoms with E-state index in [1.54, 1.807) is 0 Å². The molecule has 10 nitrogen and oxygen atoms in total. The fraction of sp³-hybridized carbons (Fsp3) is 0.538. The lowest BCUT2D eigenvalue weighted by atomic mass is 10.1. The predicted molar refractivity (Wildman–Crippen MR) is 137 cm³/mol. The molecule has 2 amide bonds. The van der Waals surface area contributed by atoms with Crippen molar-refractivity contribution in [2.45, 2.75) is 75.9 Å². The third-order valence-electron chi connectivity index (χ3n) is 7.37. The molecule has 3 atom stereocenters. The van der Waals surface area contributed by atoms with Crippen molar-refractivity contribution in [3.05, 3.63) is 35.5 Å². The second kappa shape index (κ2) is 11.1. The molecule has 2 aliphatic rings. The highest BCUT2D eigenvalue weighted by molar-refractivity contribution is 5.92. The molecule has 7 N–H and O–H groups in total. The molecular weight excluding hydrogens is 460 g/mol. The van der Waals surface area contributed by atoms with Gasteiger partial charge >= 0.3 is 5.97 Å². The van der Waals surface area contributed by atoms with Crippen LogP contribution in [0.25, 0.3) is 10.9 Å². The van der Waals surface area contributed by atoms with E-state index in [-0.39, 0.29) is 17.8 Å². The topological polar surface area (TPSA) is 170 Å². The molecule has 0 aliphatic carbocycles. The third-order valence-corrected chi connectivity index (χ3v) is 7.37. The summed E-state index contributed by atoms with van der Waals surface area (Å²) in [5, 5.41) is 17.5. The van der Waals surface area contributed by atoms with Crippen LogP contribution >= 0.6 is 0 Å². The molecular formula is C26H36N6O4. The molecule has 10 heteroatoms. The minimum Gasteiger partial charge on any atom is -0.481 e. The van der Waals surface area contributed by atoms with Crippen LogP contribution in [0, 0.1) is 5.41 Å². The number of carbonyl (C=O) groups excluding carboxylic acids is 2. The van der Waals surface area contributed by atoms with E-state index >= 15 is 0 Å². The van der Waals surface area contributed by atoms with E-state index in [4.69, 9.17) is 22.0 Å². The van der Waals surface area contributed by atoms with E-state index in [0.717, 1.165) is 54.3 Å². The Morgan fingerprint density at radius 1 is 1.11 bits per heavy atom. The lowest BCUT2D eigenvalue weighted by Crippen LogP contribution is -2.53. The third kappa shape index (κ3) is 5.87. The average Bonchev–Trinajstić information content (AvgIpc) is 3.58. The number of nitrogens with zero attached hydrogens (tertiary/aromatic N) is 2. The summed E-state index contributed by atoms with van der Waals surface area (Å²) in [6.07, 6.45) is 5.64. The minimum atomic E-state index is -1.13. The fourth-order valence-corrected chi connectivity index (χ4v) is 5.52. The highest BCUT2D eigenvalue weighted by Crippen LogP contribution is 2.28. The average molecular weight is 497 g/mol. The van der Waals surface area contributed by atoms with Crippen LogP contribution in [0.5, 0.6) is 0 Å². The Hall–Kier alpha value is -3.40. The smallest absolute Gasteiger partial charge is 0.305 e. The Labute approximate surface area is 210 Å². The number of rotatable bonds is 10. The second-order valence-electron chi connectivity index (χ2n) is 10.0. The first-order chi connectivity index (χ1) is 17.2. The number of aromatic amines is 1. The normalized spacial score (nSPS) is 20.7. The Morgan fingerprint density at radius 3 is 2.61 bits per heavy atom. The maximum Gasteiger partial charge on any atom is 0.305 e. The number of aryl methyl sites for hydroxylation is 2. The maximum atomic E-state index is 13.5. The molecule has 1 aromatic carbocycles. The van der Waals surface area contributed by atoms with Crippen molar-refractivity contribution in [1.29, 1.82) is 5.41 Å². The van der Waals surface area contributed by atoms with Crippen LogP contribution in [0.15, 0.2) is 24.3 Å². The summed E-state index contributed by atoms with van der Waals surface area (Å²) in [6.45, 7) is 1.11. The SMILES string of the molecule is N=C(N)CCc1ccc2cc(CC[C@@H]3CCCN3C(=O)[C@H]3CCCN3C(=O)[C@@H](N)CC(=O)O)[nH]c2c1. The van der Waals surface area contributed by atoms with Gasteiger partial charge in [-0.15, -0.1) is 0 Å². The van der Waals surface area contributed by atoms with E-state index in [1.807, 2.05) is 4.90 Å². The van der Waals surface area contributed by atoms with Gasteiger partial charge in [0.25, 0.3) is 0 Å². The van der Waals surface area contributed by atoms with Crippen LogP contribution in [-0.4, -0.2) is 74.7 Å². The lowest BCUT2D eigenvalue weighted by Gasteiger charge is -2.32. The first-order valence-electron chi connectivity index (χ1n) is 12.7. The van der Waals surface area contributed by atoms with E-state index in [9.17, 15) is 14.4 Å². The monoisotopic (exact) mass is 496 g/mol. The highest BCUT2D eigenvalue weighted by Gasteiger charge is 2.41. The van der Waals surface area contributed by atoms with Gasteiger partial charge in [0.1, 0.15) is 6.04 Å². The zero-order valence-corrected chi connectivity index (χ0v) is 20.5. The summed E-state index contributed by atoms with van der Waals surface area (Å²) in [7, 11) is 0.